The van der Waals surface area contributed by atoms with E-state index in [9.17, 15) is 13.2 Å². The molecule has 1 amide bonds. The number of rotatable bonds is 9. The minimum atomic E-state index is -3.64. The van der Waals surface area contributed by atoms with Crippen LogP contribution in [0.15, 0.2) is 54.6 Å². The Hall–Kier alpha value is -2.54. The van der Waals surface area contributed by atoms with Gasteiger partial charge in [-0.25, -0.2) is 8.42 Å². The molecule has 0 heterocycles. The van der Waals surface area contributed by atoms with E-state index in [1.165, 1.54) is 0 Å². The maximum absolute atomic E-state index is 12.3. The van der Waals surface area contributed by atoms with Crippen LogP contribution in [-0.2, 0) is 21.2 Å². The second kappa shape index (κ2) is 9.24. The van der Waals surface area contributed by atoms with E-state index in [1.807, 2.05) is 37.3 Å². The quantitative estimate of drug-likeness (QED) is 0.728. The highest BCUT2D eigenvalue weighted by molar-refractivity contribution is 7.92. The van der Waals surface area contributed by atoms with E-state index in [2.05, 4.69) is 5.32 Å². The van der Waals surface area contributed by atoms with Crippen LogP contribution in [0.2, 0.25) is 0 Å². The molecule has 1 N–H and O–H groups in total. The minimum Gasteiger partial charge on any atom is -0.492 e. The molecule has 0 aliphatic heterocycles. The number of amides is 1. The summed E-state index contributed by atoms with van der Waals surface area (Å²) in [6, 6.07) is 16.6. The average molecular weight is 376 g/mol. The highest BCUT2D eigenvalue weighted by Gasteiger charge is 2.23. The Morgan fingerprint density at radius 2 is 1.73 bits per heavy atom. The van der Waals surface area contributed by atoms with Crippen molar-refractivity contribution in [2.75, 3.05) is 30.3 Å². The number of ether oxygens (including phenoxy) is 1. The molecule has 0 atom stereocenters. The van der Waals surface area contributed by atoms with E-state index >= 15 is 0 Å². The summed E-state index contributed by atoms with van der Waals surface area (Å²) in [6.45, 7) is 2.36. The number of sulfonamides is 1. The molecule has 26 heavy (non-hydrogen) atoms. The van der Waals surface area contributed by atoms with Gasteiger partial charge in [-0.05, 0) is 31.0 Å². The van der Waals surface area contributed by atoms with E-state index in [0.29, 0.717) is 31.0 Å². The molecule has 0 radical (unpaired) electrons. The second-order valence-electron chi connectivity index (χ2n) is 5.76. The molecule has 7 heteroatoms. The summed E-state index contributed by atoms with van der Waals surface area (Å²) in [5, 5.41) is 2.77. The molecule has 2 aromatic carbocycles. The summed E-state index contributed by atoms with van der Waals surface area (Å²) in [5.74, 6) is 0.0650. The molecule has 0 saturated carbocycles. The summed E-state index contributed by atoms with van der Waals surface area (Å²) in [5.41, 5.74) is 1.46. The Labute approximate surface area is 154 Å². The van der Waals surface area contributed by atoms with Gasteiger partial charge in [-0.3, -0.25) is 9.10 Å². The number of hydrogen-bond acceptors (Lipinski definition) is 4. The number of nitrogens with one attached hydrogen (secondary N) is 1. The molecule has 0 unspecified atom stereocenters. The van der Waals surface area contributed by atoms with Crippen LogP contribution in [0.25, 0.3) is 0 Å². The van der Waals surface area contributed by atoms with Gasteiger partial charge >= 0.3 is 0 Å². The van der Waals surface area contributed by atoms with Crippen molar-refractivity contribution in [2.24, 2.45) is 0 Å². The summed E-state index contributed by atoms with van der Waals surface area (Å²) >= 11 is 0. The molecule has 0 aromatic heterocycles. The Morgan fingerprint density at radius 1 is 1.08 bits per heavy atom. The van der Waals surface area contributed by atoms with Gasteiger partial charge < -0.3 is 10.1 Å². The molecule has 2 rings (SSSR count). The minimum absolute atomic E-state index is 0.294. The number of carbonyl (C=O) groups excluding carboxylic acids is 1. The summed E-state index contributed by atoms with van der Waals surface area (Å²) < 4.78 is 31.0. The fourth-order valence-corrected chi connectivity index (χ4v) is 3.36. The molecule has 6 nitrogen and oxygen atoms in total. The van der Waals surface area contributed by atoms with Crippen molar-refractivity contribution < 1.29 is 17.9 Å². The van der Waals surface area contributed by atoms with Gasteiger partial charge in [0.2, 0.25) is 15.9 Å². The predicted molar refractivity (Wildman–Crippen MR) is 103 cm³/mol. The molecule has 0 saturated heterocycles. The summed E-state index contributed by atoms with van der Waals surface area (Å²) in [7, 11) is -3.64. The highest BCUT2D eigenvalue weighted by Crippen LogP contribution is 2.29. The van der Waals surface area contributed by atoms with Gasteiger partial charge in [-0.2, -0.15) is 0 Å². The molecule has 0 fully saturated rings. The second-order valence-corrected chi connectivity index (χ2v) is 7.66. The first-order valence-corrected chi connectivity index (χ1v) is 10.3. The van der Waals surface area contributed by atoms with E-state index in [1.54, 1.807) is 24.3 Å². The van der Waals surface area contributed by atoms with Gasteiger partial charge in [0, 0.05) is 6.54 Å². The van der Waals surface area contributed by atoms with Crippen LogP contribution in [0.1, 0.15) is 12.5 Å². The number of para-hydroxylation sites is 2. The fourth-order valence-electron chi connectivity index (χ4n) is 2.50. The third-order valence-corrected chi connectivity index (χ3v) is 4.83. The molecular formula is C19H24N2O4S. The van der Waals surface area contributed by atoms with Crippen LogP contribution in [-0.4, -0.2) is 40.3 Å². The first-order valence-electron chi connectivity index (χ1n) is 8.42. The molecule has 2 aromatic rings. The van der Waals surface area contributed by atoms with Gasteiger partial charge in [0.05, 0.1) is 18.6 Å². The first kappa shape index (κ1) is 19.8. The van der Waals surface area contributed by atoms with Crippen LogP contribution < -0.4 is 14.4 Å². The van der Waals surface area contributed by atoms with Crippen molar-refractivity contribution in [3.8, 4) is 5.75 Å². The van der Waals surface area contributed by atoms with Crippen LogP contribution in [0.4, 0.5) is 5.69 Å². The van der Waals surface area contributed by atoms with Crippen LogP contribution in [0.3, 0.4) is 0 Å². The average Bonchev–Trinajstić information content (AvgIpc) is 2.61. The third-order valence-electron chi connectivity index (χ3n) is 3.70. The Balaban J connectivity index is 2.05. The van der Waals surface area contributed by atoms with Crippen molar-refractivity contribution in [1.29, 1.82) is 0 Å². The zero-order valence-corrected chi connectivity index (χ0v) is 15.8. The normalized spacial score (nSPS) is 11.0. The summed E-state index contributed by atoms with van der Waals surface area (Å²) in [6.07, 6.45) is 1.76. The van der Waals surface area contributed by atoms with Gasteiger partial charge in [-0.1, -0.05) is 42.5 Å². The van der Waals surface area contributed by atoms with Crippen LogP contribution >= 0.6 is 0 Å². The van der Waals surface area contributed by atoms with Gasteiger partial charge in [0.15, 0.2) is 0 Å². The topological polar surface area (TPSA) is 75.7 Å². The van der Waals surface area contributed by atoms with Gasteiger partial charge in [-0.15, -0.1) is 0 Å². The SMILES string of the molecule is CCOc1ccccc1N(CC(=O)NCCc1ccccc1)S(C)(=O)=O. The highest BCUT2D eigenvalue weighted by atomic mass is 32.2. The van der Waals surface area contributed by atoms with Gasteiger partial charge in [0.1, 0.15) is 12.3 Å². The van der Waals surface area contributed by atoms with E-state index < -0.39 is 10.0 Å². The number of carbonyl (C=O) groups is 1. The number of hydrogen-bond donors (Lipinski definition) is 1. The van der Waals surface area contributed by atoms with E-state index in [-0.39, 0.29) is 12.5 Å². The zero-order chi connectivity index (χ0) is 19.0. The largest absolute Gasteiger partial charge is 0.492 e. The number of benzene rings is 2. The van der Waals surface area contributed by atoms with Crippen molar-refractivity contribution in [3.05, 3.63) is 60.2 Å². The molecule has 0 aliphatic rings. The Bertz CT molecular complexity index is 822. The van der Waals surface area contributed by atoms with Crippen molar-refractivity contribution in [1.82, 2.24) is 5.32 Å². The summed E-state index contributed by atoms with van der Waals surface area (Å²) in [4.78, 5) is 12.3. The smallest absolute Gasteiger partial charge is 0.240 e. The lowest BCUT2D eigenvalue weighted by molar-refractivity contribution is -0.119. The lowest BCUT2D eigenvalue weighted by Crippen LogP contribution is -2.41. The zero-order valence-electron chi connectivity index (χ0n) is 15.0. The van der Waals surface area contributed by atoms with Crippen LogP contribution in [0, 0.1) is 0 Å². The number of anilines is 1. The molecule has 0 bridgehead atoms. The Kier molecular flexibility index (Phi) is 7.03. The van der Waals surface area contributed by atoms with Crippen LogP contribution in [0.5, 0.6) is 5.75 Å². The maximum Gasteiger partial charge on any atom is 0.240 e. The lowest BCUT2D eigenvalue weighted by atomic mass is 10.1. The molecule has 140 valence electrons. The third kappa shape index (κ3) is 5.77. The molecule has 0 spiro atoms. The lowest BCUT2D eigenvalue weighted by Gasteiger charge is -2.24. The van der Waals surface area contributed by atoms with Crippen molar-refractivity contribution in [3.63, 3.8) is 0 Å². The van der Waals surface area contributed by atoms with E-state index in [4.69, 9.17) is 4.74 Å². The number of nitrogens with zero attached hydrogens (tertiary/aromatic N) is 1. The monoisotopic (exact) mass is 376 g/mol. The van der Waals surface area contributed by atoms with Crippen molar-refractivity contribution in [2.45, 2.75) is 13.3 Å². The molecule has 0 aliphatic carbocycles. The predicted octanol–water partition coefficient (Wildman–Crippen LogP) is 2.21. The first-order chi connectivity index (χ1) is 12.4. The fraction of sp³-hybridized carbons (Fsp3) is 0.316. The van der Waals surface area contributed by atoms with Crippen molar-refractivity contribution >= 4 is 21.6 Å². The molecular weight excluding hydrogens is 352 g/mol. The van der Waals surface area contributed by atoms with E-state index in [0.717, 1.165) is 16.1 Å². The van der Waals surface area contributed by atoms with Gasteiger partial charge in [0.25, 0.3) is 0 Å². The standard InChI is InChI=1S/C19H24N2O4S/c1-3-25-18-12-8-7-11-17(18)21(26(2,23)24)15-19(22)20-14-13-16-9-5-4-6-10-16/h4-12H,3,13-15H2,1-2H3,(H,20,22). The Morgan fingerprint density at radius 3 is 2.38 bits per heavy atom. The maximum atomic E-state index is 12.3.